The zero-order valence-corrected chi connectivity index (χ0v) is 6.88. The molecule has 0 bridgehead atoms. The Bertz CT molecular complexity index is 332. The maximum absolute atomic E-state index is 12.6. The SMILES string of the molecule is O=C[C@H](c1cccc(F)c1)C(F)(F)F. The fraction of sp³-hybridized carbons (Fsp3) is 0.222. The maximum Gasteiger partial charge on any atom is 0.402 e. The number of hydrogen-bond donors (Lipinski definition) is 0. The van der Waals surface area contributed by atoms with E-state index in [2.05, 4.69) is 0 Å². The number of hydrogen-bond acceptors (Lipinski definition) is 1. The Hall–Kier alpha value is -1.39. The third-order valence-electron chi connectivity index (χ3n) is 1.70. The number of halogens is 4. The Kier molecular flexibility index (Phi) is 2.88. The summed E-state index contributed by atoms with van der Waals surface area (Å²) in [6, 6.07) is 3.91. The van der Waals surface area contributed by atoms with Gasteiger partial charge in [0.05, 0.1) is 0 Å². The van der Waals surface area contributed by atoms with Crippen LogP contribution in [0.5, 0.6) is 0 Å². The molecule has 0 aromatic heterocycles. The van der Waals surface area contributed by atoms with Crippen molar-refractivity contribution in [3.8, 4) is 0 Å². The molecule has 0 N–H and O–H groups in total. The first kappa shape index (κ1) is 10.7. The fourth-order valence-electron chi connectivity index (χ4n) is 1.04. The van der Waals surface area contributed by atoms with Gasteiger partial charge in [-0.25, -0.2) is 4.39 Å². The lowest BCUT2D eigenvalue weighted by Crippen LogP contribution is -2.22. The summed E-state index contributed by atoms with van der Waals surface area (Å²) >= 11 is 0. The lowest BCUT2D eigenvalue weighted by molar-refractivity contribution is -0.155. The molecule has 0 aliphatic heterocycles. The summed E-state index contributed by atoms with van der Waals surface area (Å²) in [5.74, 6) is -3.04. The third-order valence-corrected chi connectivity index (χ3v) is 1.70. The molecule has 0 amide bonds. The van der Waals surface area contributed by atoms with Gasteiger partial charge in [0.2, 0.25) is 0 Å². The molecular formula is C9H6F4O. The van der Waals surface area contributed by atoms with Crippen LogP contribution < -0.4 is 0 Å². The molecule has 0 saturated carbocycles. The molecule has 76 valence electrons. The second-order valence-electron chi connectivity index (χ2n) is 2.71. The number of carbonyl (C=O) groups excluding carboxylic acids is 1. The Morgan fingerprint density at radius 3 is 2.36 bits per heavy atom. The first-order chi connectivity index (χ1) is 6.45. The van der Waals surface area contributed by atoms with Crippen molar-refractivity contribution in [2.45, 2.75) is 12.1 Å². The van der Waals surface area contributed by atoms with E-state index < -0.39 is 17.9 Å². The standard InChI is InChI=1S/C9H6F4O/c10-7-3-1-2-6(4-7)8(5-14)9(11,12)13/h1-5,8H/t8-/m1/s1. The van der Waals surface area contributed by atoms with Crippen LogP contribution in [0.25, 0.3) is 0 Å². The summed E-state index contributed by atoms with van der Waals surface area (Å²) in [6.45, 7) is 0. The predicted octanol–water partition coefficient (Wildman–Crippen LogP) is 2.67. The van der Waals surface area contributed by atoms with E-state index in [4.69, 9.17) is 0 Å². The van der Waals surface area contributed by atoms with Crippen molar-refractivity contribution in [3.05, 3.63) is 35.6 Å². The van der Waals surface area contributed by atoms with Crippen molar-refractivity contribution in [1.29, 1.82) is 0 Å². The largest absolute Gasteiger partial charge is 0.402 e. The summed E-state index contributed by atoms with van der Waals surface area (Å²) in [4.78, 5) is 10.2. The van der Waals surface area contributed by atoms with E-state index >= 15 is 0 Å². The minimum atomic E-state index is -4.67. The lowest BCUT2D eigenvalue weighted by Gasteiger charge is -2.14. The van der Waals surface area contributed by atoms with Crippen LogP contribution in [0.3, 0.4) is 0 Å². The van der Waals surface area contributed by atoms with Crippen LogP contribution in [0.2, 0.25) is 0 Å². The molecule has 0 saturated heterocycles. The van der Waals surface area contributed by atoms with Gasteiger partial charge in [-0.2, -0.15) is 13.2 Å². The van der Waals surface area contributed by atoms with Gasteiger partial charge in [-0.3, -0.25) is 0 Å². The van der Waals surface area contributed by atoms with Crippen LogP contribution in [0.1, 0.15) is 11.5 Å². The Morgan fingerprint density at radius 2 is 1.93 bits per heavy atom. The summed E-state index contributed by atoms with van der Waals surface area (Å²) in [6.07, 6.45) is -4.91. The molecule has 0 spiro atoms. The van der Waals surface area contributed by atoms with Gasteiger partial charge < -0.3 is 4.79 Å². The average molecular weight is 206 g/mol. The van der Waals surface area contributed by atoms with Crippen LogP contribution in [0, 0.1) is 5.82 Å². The Morgan fingerprint density at radius 1 is 1.29 bits per heavy atom. The minimum absolute atomic E-state index is 0.241. The molecule has 1 nitrogen and oxygen atoms in total. The molecule has 1 rings (SSSR count). The molecule has 5 heteroatoms. The molecule has 0 aliphatic carbocycles. The molecule has 0 heterocycles. The summed E-state index contributed by atoms with van der Waals surface area (Å²) in [5, 5.41) is 0. The summed E-state index contributed by atoms with van der Waals surface area (Å²) in [5.41, 5.74) is -0.382. The molecule has 14 heavy (non-hydrogen) atoms. The molecule has 1 aromatic rings. The smallest absolute Gasteiger partial charge is 0.302 e. The zero-order valence-electron chi connectivity index (χ0n) is 6.88. The number of aldehydes is 1. The monoisotopic (exact) mass is 206 g/mol. The molecule has 0 radical (unpaired) electrons. The molecule has 0 unspecified atom stereocenters. The van der Waals surface area contributed by atoms with E-state index in [1.54, 1.807) is 0 Å². The topological polar surface area (TPSA) is 17.1 Å². The van der Waals surface area contributed by atoms with Crippen LogP contribution in [0.4, 0.5) is 17.6 Å². The van der Waals surface area contributed by atoms with Gasteiger partial charge in [-0.15, -0.1) is 0 Å². The zero-order chi connectivity index (χ0) is 10.8. The van der Waals surface area contributed by atoms with Crippen molar-refractivity contribution in [2.24, 2.45) is 0 Å². The number of benzene rings is 1. The van der Waals surface area contributed by atoms with Crippen LogP contribution in [0.15, 0.2) is 24.3 Å². The number of alkyl halides is 3. The summed E-state index contributed by atoms with van der Waals surface area (Å²) in [7, 11) is 0. The van der Waals surface area contributed by atoms with Gasteiger partial charge >= 0.3 is 6.18 Å². The quantitative estimate of drug-likeness (QED) is 0.537. The first-order valence-corrected chi connectivity index (χ1v) is 3.72. The highest BCUT2D eigenvalue weighted by molar-refractivity contribution is 5.63. The maximum atomic E-state index is 12.6. The van der Waals surface area contributed by atoms with Crippen LogP contribution >= 0.6 is 0 Å². The molecule has 1 atom stereocenters. The lowest BCUT2D eigenvalue weighted by atomic mass is 10.0. The second-order valence-corrected chi connectivity index (χ2v) is 2.71. The van der Waals surface area contributed by atoms with E-state index in [0.717, 1.165) is 18.2 Å². The first-order valence-electron chi connectivity index (χ1n) is 3.72. The summed E-state index contributed by atoms with van der Waals surface area (Å²) < 4.78 is 49.1. The van der Waals surface area contributed by atoms with E-state index in [1.807, 2.05) is 0 Å². The van der Waals surface area contributed by atoms with Crippen molar-refractivity contribution in [1.82, 2.24) is 0 Å². The minimum Gasteiger partial charge on any atom is -0.302 e. The molecule has 0 aliphatic rings. The second kappa shape index (κ2) is 3.77. The average Bonchev–Trinajstić information content (AvgIpc) is 2.02. The highest BCUT2D eigenvalue weighted by atomic mass is 19.4. The molecule has 0 fully saturated rings. The molecule has 1 aromatic carbocycles. The van der Waals surface area contributed by atoms with Crippen molar-refractivity contribution >= 4 is 6.29 Å². The normalized spacial score (nSPS) is 13.7. The van der Waals surface area contributed by atoms with Gasteiger partial charge in [0, 0.05) is 0 Å². The van der Waals surface area contributed by atoms with Crippen molar-refractivity contribution in [3.63, 3.8) is 0 Å². The van der Waals surface area contributed by atoms with E-state index in [-0.39, 0.29) is 11.8 Å². The number of rotatable bonds is 2. The predicted molar refractivity (Wildman–Crippen MR) is 41.3 cm³/mol. The van der Waals surface area contributed by atoms with Crippen LogP contribution in [-0.2, 0) is 4.79 Å². The highest BCUT2D eigenvalue weighted by Crippen LogP contribution is 2.33. The van der Waals surface area contributed by atoms with Gasteiger partial charge in [0.15, 0.2) is 0 Å². The van der Waals surface area contributed by atoms with Gasteiger partial charge in [0.25, 0.3) is 0 Å². The Labute approximate surface area is 77.3 Å². The van der Waals surface area contributed by atoms with E-state index in [1.165, 1.54) is 0 Å². The molecular weight excluding hydrogens is 200 g/mol. The van der Waals surface area contributed by atoms with Crippen molar-refractivity contribution < 1.29 is 22.4 Å². The van der Waals surface area contributed by atoms with Gasteiger partial charge in [0.1, 0.15) is 18.0 Å². The fourth-order valence-corrected chi connectivity index (χ4v) is 1.04. The van der Waals surface area contributed by atoms with Gasteiger partial charge in [-0.05, 0) is 17.7 Å². The van der Waals surface area contributed by atoms with E-state index in [0.29, 0.717) is 6.07 Å². The number of carbonyl (C=O) groups is 1. The van der Waals surface area contributed by atoms with E-state index in [9.17, 15) is 22.4 Å². The van der Waals surface area contributed by atoms with Crippen LogP contribution in [-0.4, -0.2) is 12.5 Å². The third kappa shape index (κ3) is 2.31. The van der Waals surface area contributed by atoms with Crippen molar-refractivity contribution in [2.75, 3.05) is 0 Å². The Balaban J connectivity index is 3.07. The highest BCUT2D eigenvalue weighted by Gasteiger charge is 2.40. The van der Waals surface area contributed by atoms with Gasteiger partial charge in [-0.1, -0.05) is 12.1 Å².